The molecule has 1 atom stereocenters. The van der Waals surface area contributed by atoms with Gasteiger partial charge in [-0.2, -0.15) is 0 Å². The first-order valence-corrected chi connectivity index (χ1v) is 6.15. The van der Waals surface area contributed by atoms with Crippen molar-refractivity contribution in [2.24, 2.45) is 0 Å². The minimum Gasteiger partial charge on any atom is -0.474 e. The molecule has 6 heteroatoms. The number of hydrogen-bond donors (Lipinski definition) is 0. The van der Waals surface area contributed by atoms with Crippen LogP contribution in [0.25, 0.3) is 0 Å². The molecule has 0 aliphatic carbocycles. The normalized spacial score (nSPS) is 11.5. The molecule has 0 heterocycles. The van der Waals surface area contributed by atoms with Gasteiger partial charge in [0.2, 0.25) is 6.10 Å². The van der Waals surface area contributed by atoms with Crippen LogP contribution in [-0.4, -0.2) is 18.0 Å². The number of non-ortho nitro benzene ring substituents is 1. The number of hydrogen-bond acceptors (Lipinski definition) is 5. The van der Waals surface area contributed by atoms with Gasteiger partial charge in [0.05, 0.1) is 12.0 Å². The fourth-order valence-electron chi connectivity index (χ4n) is 1.77. The van der Waals surface area contributed by atoms with Gasteiger partial charge >= 0.3 is 5.97 Å². The SMILES string of the molecule is COC(=O)[C@@H](Oc1ccc([N+](=O)[O-])cc1)c1ccccc1. The summed E-state index contributed by atoms with van der Waals surface area (Å²) in [7, 11) is 1.28. The van der Waals surface area contributed by atoms with Gasteiger partial charge in [-0.25, -0.2) is 4.79 Å². The third kappa shape index (κ3) is 3.56. The third-order valence-electron chi connectivity index (χ3n) is 2.82. The zero-order valence-electron chi connectivity index (χ0n) is 11.3. The first-order chi connectivity index (χ1) is 10.1. The van der Waals surface area contributed by atoms with Crippen LogP contribution in [0.15, 0.2) is 54.6 Å². The highest BCUT2D eigenvalue weighted by Gasteiger charge is 2.23. The van der Waals surface area contributed by atoms with Gasteiger partial charge < -0.3 is 9.47 Å². The maximum absolute atomic E-state index is 11.8. The molecule has 0 unspecified atom stereocenters. The number of benzene rings is 2. The summed E-state index contributed by atoms with van der Waals surface area (Å²) in [5.74, 6) is -0.195. The monoisotopic (exact) mass is 287 g/mol. The van der Waals surface area contributed by atoms with E-state index in [1.807, 2.05) is 6.07 Å². The number of nitro groups is 1. The molecule has 0 amide bonds. The number of carbonyl (C=O) groups excluding carboxylic acids is 1. The van der Waals surface area contributed by atoms with Crippen molar-refractivity contribution in [3.8, 4) is 5.75 Å². The van der Waals surface area contributed by atoms with Gasteiger partial charge in [0.1, 0.15) is 5.75 Å². The molecule has 0 N–H and O–H groups in total. The molecule has 0 saturated heterocycles. The second kappa shape index (κ2) is 6.51. The van der Waals surface area contributed by atoms with E-state index in [0.717, 1.165) is 0 Å². The van der Waals surface area contributed by atoms with Crippen molar-refractivity contribution >= 4 is 11.7 Å². The molecule has 21 heavy (non-hydrogen) atoms. The standard InChI is InChI=1S/C15H13NO5/c1-20-15(17)14(11-5-3-2-4-6-11)21-13-9-7-12(8-10-13)16(18)19/h2-10,14H,1H3/t14-/m0/s1. The van der Waals surface area contributed by atoms with E-state index < -0.39 is 17.0 Å². The quantitative estimate of drug-likeness (QED) is 0.480. The summed E-state index contributed by atoms with van der Waals surface area (Å²) in [6.07, 6.45) is -0.919. The lowest BCUT2D eigenvalue weighted by molar-refractivity contribution is -0.384. The van der Waals surface area contributed by atoms with E-state index in [9.17, 15) is 14.9 Å². The Labute approximate surface area is 121 Å². The minimum absolute atomic E-state index is 0.0447. The van der Waals surface area contributed by atoms with E-state index in [2.05, 4.69) is 0 Å². The average Bonchev–Trinajstić information content (AvgIpc) is 2.53. The fourth-order valence-corrected chi connectivity index (χ4v) is 1.77. The molecule has 0 aromatic heterocycles. The Morgan fingerprint density at radius 3 is 2.24 bits per heavy atom. The summed E-state index contributed by atoms with van der Waals surface area (Å²) < 4.78 is 10.3. The molecule has 108 valence electrons. The van der Waals surface area contributed by atoms with Gasteiger partial charge in [-0.05, 0) is 12.1 Å². The number of ether oxygens (including phenoxy) is 2. The van der Waals surface area contributed by atoms with E-state index in [1.165, 1.54) is 31.4 Å². The van der Waals surface area contributed by atoms with E-state index in [1.54, 1.807) is 24.3 Å². The van der Waals surface area contributed by atoms with Crippen LogP contribution >= 0.6 is 0 Å². The average molecular weight is 287 g/mol. The molecule has 6 nitrogen and oxygen atoms in total. The Bertz CT molecular complexity index is 624. The maximum Gasteiger partial charge on any atom is 0.351 e. The summed E-state index contributed by atoms with van der Waals surface area (Å²) in [6.45, 7) is 0. The van der Waals surface area contributed by atoms with E-state index in [0.29, 0.717) is 11.3 Å². The Morgan fingerprint density at radius 2 is 1.71 bits per heavy atom. The summed E-state index contributed by atoms with van der Waals surface area (Å²) in [5.41, 5.74) is 0.597. The van der Waals surface area contributed by atoms with Gasteiger partial charge in [-0.15, -0.1) is 0 Å². The predicted molar refractivity (Wildman–Crippen MR) is 74.9 cm³/mol. The van der Waals surface area contributed by atoms with Crippen molar-refractivity contribution in [3.63, 3.8) is 0 Å². The topological polar surface area (TPSA) is 78.7 Å². The van der Waals surface area contributed by atoms with Crippen molar-refractivity contribution < 1.29 is 19.2 Å². The number of nitro benzene ring substituents is 1. The summed E-state index contributed by atoms with van der Waals surface area (Å²) in [5, 5.41) is 10.6. The van der Waals surface area contributed by atoms with Crippen molar-refractivity contribution in [2.75, 3.05) is 7.11 Å². The number of carbonyl (C=O) groups is 1. The number of esters is 1. The molecule has 0 aliphatic rings. The molecule has 0 radical (unpaired) electrons. The first kappa shape index (κ1) is 14.5. The third-order valence-corrected chi connectivity index (χ3v) is 2.82. The van der Waals surface area contributed by atoms with Gasteiger partial charge in [-0.3, -0.25) is 10.1 Å². The Balaban J connectivity index is 2.23. The smallest absolute Gasteiger partial charge is 0.351 e. The zero-order valence-corrected chi connectivity index (χ0v) is 11.3. The van der Waals surface area contributed by atoms with Gasteiger partial charge in [0.15, 0.2) is 0 Å². The lowest BCUT2D eigenvalue weighted by Crippen LogP contribution is -2.20. The van der Waals surface area contributed by atoms with Gasteiger partial charge in [0, 0.05) is 17.7 Å². The van der Waals surface area contributed by atoms with Gasteiger partial charge in [0.25, 0.3) is 5.69 Å². The van der Waals surface area contributed by atoms with Crippen LogP contribution in [-0.2, 0) is 9.53 Å². The predicted octanol–water partition coefficient (Wildman–Crippen LogP) is 2.89. The van der Waals surface area contributed by atoms with Crippen LogP contribution < -0.4 is 4.74 Å². The lowest BCUT2D eigenvalue weighted by Gasteiger charge is -2.17. The first-order valence-electron chi connectivity index (χ1n) is 6.15. The molecule has 0 bridgehead atoms. The van der Waals surface area contributed by atoms with E-state index in [-0.39, 0.29) is 5.69 Å². The molecular formula is C15H13NO5. The van der Waals surface area contributed by atoms with Crippen LogP contribution in [0.2, 0.25) is 0 Å². The Kier molecular flexibility index (Phi) is 4.50. The van der Waals surface area contributed by atoms with Gasteiger partial charge in [-0.1, -0.05) is 30.3 Å². The van der Waals surface area contributed by atoms with Crippen LogP contribution in [0.3, 0.4) is 0 Å². The highest BCUT2D eigenvalue weighted by molar-refractivity contribution is 5.76. The second-order valence-electron chi connectivity index (χ2n) is 4.18. The molecule has 0 fully saturated rings. The molecule has 2 rings (SSSR count). The number of nitrogens with zero attached hydrogens (tertiary/aromatic N) is 1. The van der Waals surface area contributed by atoms with E-state index >= 15 is 0 Å². The van der Waals surface area contributed by atoms with Crippen LogP contribution in [0.4, 0.5) is 5.69 Å². The molecule has 2 aromatic rings. The van der Waals surface area contributed by atoms with Crippen molar-refractivity contribution in [1.29, 1.82) is 0 Å². The molecule has 0 aliphatic heterocycles. The van der Waals surface area contributed by atoms with E-state index in [4.69, 9.17) is 9.47 Å². The largest absolute Gasteiger partial charge is 0.474 e. The van der Waals surface area contributed by atoms with Crippen LogP contribution in [0.5, 0.6) is 5.75 Å². The molecule has 2 aromatic carbocycles. The lowest BCUT2D eigenvalue weighted by atomic mass is 10.1. The summed E-state index contributed by atoms with van der Waals surface area (Å²) in [6, 6.07) is 14.4. The number of rotatable bonds is 5. The van der Waals surface area contributed by atoms with Crippen molar-refractivity contribution in [2.45, 2.75) is 6.10 Å². The Morgan fingerprint density at radius 1 is 1.10 bits per heavy atom. The number of methoxy groups -OCH3 is 1. The fraction of sp³-hybridized carbons (Fsp3) is 0.133. The summed E-state index contributed by atoms with van der Waals surface area (Å²) >= 11 is 0. The highest BCUT2D eigenvalue weighted by atomic mass is 16.6. The molecular weight excluding hydrogens is 274 g/mol. The van der Waals surface area contributed by atoms with Crippen molar-refractivity contribution in [3.05, 3.63) is 70.3 Å². The second-order valence-corrected chi connectivity index (χ2v) is 4.18. The maximum atomic E-state index is 11.8. The van der Waals surface area contributed by atoms with Crippen LogP contribution in [0.1, 0.15) is 11.7 Å². The van der Waals surface area contributed by atoms with Crippen molar-refractivity contribution in [1.82, 2.24) is 0 Å². The minimum atomic E-state index is -0.919. The zero-order chi connectivity index (χ0) is 15.2. The molecule has 0 saturated carbocycles. The molecule has 0 spiro atoms. The highest BCUT2D eigenvalue weighted by Crippen LogP contribution is 2.25. The summed E-state index contributed by atoms with van der Waals surface area (Å²) in [4.78, 5) is 21.9. The Hall–Kier alpha value is -2.89. The van der Waals surface area contributed by atoms with Crippen LogP contribution in [0, 0.1) is 10.1 Å².